The lowest BCUT2D eigenvalue weighted by Gasteiger charge is -2.10. The van der Waals surface area contributed by atoms with E-state index in [1.807, 2.05) is 37.3 Å². The van der Waals surface area contributed by atoms with Gasteiger partial charge in [-0.2, -0.15) is 0 Å². The fourth-order valence-electron chi connectivity index (χ4n) is 1.80. The summed E-state index contributed by atoms with van der Waals surface area (Å²) < 4.78 is 6.64. The van der Waals surface area contributed by atoms with Gasteiger partial charge in [0.15, 0.2) is 0 Å². The van der Waals surface area contributed by atoms with Crippen LogP contribution in [0.3, 0.4) is 0 Å². The molecule has 0 saturated heterocycles. The third-order valence-corrected chi connectivity index (χ3v) is 3.87. The molecule has 0 aliphatic rings. The minimum Gasteiger partial charge on any atom is -0.491 e. The summed E-state index contributed by atoms with van der Waals surface area (Å²) in [5.41, 5.74) is 1.88. The van der Waals surface area contributed by atoms with Crippen molar-refractivity contribution in [1.82, 2.24) is 0 Å². The topological polar surface area (TPSA) is 38.3 Å². The van der Waals surface area contributed by atoms with Crippen molar-refractivity contribution < 1.29 is 9.53 Å². The Kier molecular flexibility index (Phi) is 5.87. The van der Waals surface area contributed by atoms with E-state index in [0.29, 0.717) is 17.4 Å². The predicted molar refractivity (Wildman–Crippen MR) is 94.1 cm³/mol. The maximum absolute atomic E-state index is 11.9. The lowest BCUT2D eigenvalue weighted by Crippen LogP contribution is -2.16. The molecule has 1 amide bonds. The maximum atomic E-state index is 11.9. The third kappa shape index (κ3) is 4.89. The molecule has 110 valence electrons. The Labute approximate surface area is 142 Å². The van der Waals surface area contributed by atoms with Crippen molar-refractivity contribution in [2.75, 3.05) is 11.9 Å². The van der Waals surface area contributed by atoms with Crippen LogP contribution in [0.4, 0.5) is 5.69 Å². The van der Waals surface area contributed by atoms with E-state index in [1.165, 1.54) is 0 Å². The standard InChI is InChI=1S/C16H15ClINO2/c1-11-10-12(18)6-7-14(11)19-16(20)8-9-21-15-5-3-2-4-13(15)17/h2-7,10H,8-9H2,1H3,(H,19,20). The molecule has 2 aromatic rings. The van der Waals surface area contributed by atoms with Crippen LogP contribution in [-0.4, -0.2) is 12.5 Å². The highest BCUT2D eigenvalue weighted by Crippen LogP contribution is 2.23. The highest BCUT2D eigenvalue weighted by Gasteiger charge is 2.06. The summed E-state index contributed by atoms with van der Waals surface area (Å²) in [6, 6.07) is 13.1. The molecule has 3 nitrogen and oxygen atoms in total. The van der Waals surface area contributed by atoms with E-state index in [4.69, 9.17) is 16.3 Å². The van der Waals surface area contributed by atoms with Crippen LogP contribution in [0.15, 0.2) is 42.5 Å². The number of amides is 1. The number of para-hydroxylation sites is 1. The summed E-state index contributed by atoms with van der Waals surface area (Å²) in [6.45, 7) is 2.26. The van der Waals surface area contributed by atoms with Gasteiger partial charge in [0.1, 0.15) is 5.75 Å². The Morgan fingerprint density at radius 1 is 1.29 bits per heavy atom. The lowest BCUT2D eigenvalue weighted by molar-refractivity contribution is -0.116. The number of anilines is 1. The summed E-state index contributed by atoms with van der Waals surface area (Å²) in [5, 5.41) is 3.43. The van der Waals surface area contributed by atoms with E-state index in [-0.39, 0.29) is 12.3 Å². The van der Waals surface area contributed by atoms with E-state index in [0.717, 1.165) is 14.8 Å². The molecule has 1 N–H and O–H groups in total. The Bertz CT molecular complexity index is 646. The number of hydrogen-bond acceptors (Lipinski definition) is 2. The van der Waals surface area contributed by atoms with E-state index in [9.17, 15) is 4.79 Å². The molecule has 0 unspecified atom stereocenters. The predicted octanol–water partition coefficient (Wildman–Crippen LogP) is 4.66. The first-order chi connectivity index (χ1) is 10.1. The highest BCUT2D eigenvalue weighted by atomic mass is 127. The average Bonchev–Trinajstić information content (AvgIpc) is 2.44. The van der Waals surface area contributed by atoms with E-state index in [2.05, 4.69) is 27.9 Å². The Morgan fingerprint density at radius 3 is 2.76 bits per heavy atom. The van der Waals surface area contributed by atoms with Gasteiger partial charge in [-0.3, -0.25) is 4.79 Å². The number of benzene rings is 2. The minimum atomic E-state index is -0.0774. The number of ether oxygens (including phenoxy) is 1. The van der Waals surface area contributed by atoms with Gasteiger partial charge in [0, 0.05) is 9.26 Å². The number of hydrogen-bond donors (Lipinski definition) is 1. The molecule has 0 saturated carbocycles. The summed E-state index contributed by atoms with van der Waals surface area (Å²) in [5.74, 6) is 0.517. The zero-order valence-corrected chi connectivity index (χ0v) is 14.4. The zero-order valence-electron chi connectivity index (χ0n) is 11.5. The van der Waals surface area contributed by atoms with E-state index < -0.39 is 0 Å². The molecule has 2 aromatic carbocycles. The molecular formula is C16H15ClINO2. The van der Waals surface area contributed by atoms with Crippen LogP contribution in [0.25, 0.3) is 0 Å². The molecule has 0 aromatic heterocycles. The van der Waals surface area contributed by atoms with E-state index in [1.54, 1.807) is 12.1 Å². The lowest BCUT2D eigenvalue weighted by atomic mass is 10.2. The normalized spacial score (nSPS) is 10.2. The number of aryl methyl sites for hydroxylation is 1. The van der Waals surface area contributed by atoms with Gasteiger partial charge >= 0.3 is 0 Å². The monoisotopic (exact) mass is 415 g/mol. The summed E-state index contributed by atoms with van der Waals surface area (Å²) in [7, 11) is 0. The Morgan fingerprint density at radius 2 is 2.05 bits per heavy atom. The molecule has 0 fully saturated rings. The molecule has 0 atom stereocenters. The number of carbonyl (C=O) groups excluding carboxylic acids is 1. The van der Waals surface area contributed by atoms with Gasteiger partial charge in [-0.05, 0) is 65.4 Å². The van der Waals surface area contributed by atoms with Crippen molar-refractivity contribution in [1.29, 1.82) is 0 Å². The first-order valence-electron chi connectivity index (χ1n) is 6.49. The van der Waals surface area contributed by atoms with Crippen LogP contribution >= 0.6 is 34.2 Å². The first-order valence-corrected chi connectivity index (χ1v) is 7.95. The molecule has 0 spiro atoms. The minimum absolute atomic E-state index is 0.0774. The largest absolute Gasteiger partial charge is 0.491 e. The van der Waals surface area contributed by atoms with Gasteiger partial charge in [0.05, 0.1) is 18.1 Å². The van der Waals surface area contributed by atoms with Crippen LogP contribution in [-0.2, 0) is 4.79 Å². The van der Waals surface area contributed by atoms with Crippen molar-refractivity contribution in [3.8, 4) is 5.75 Å². The molecule has 0 aliphatic heterocycles. The molecule has 0 radical (unpaired) electrons. The second-order valence-corrected chi connectivity index (χ2v) is 6.19. The zero-order chi connectivity index (χ0) is 15.2. The van der Waals surface area contributed by atoms with Crippen LogP contribution < -0.4 is 10.1 Å². The molecular weight excluding hydrogens is 401 g/mol. The SMILES string of the molecule is Cc1cc(I)ccc1NC(=O)CCOc1ccccc1Cl. The molecule has 5 heteroatoms. The van der Waals surface area contributed by atoms with Gasteiger partial charge in [0.25, 0.3) is 0 Å². The summed E-state index contributed by atoms with van der Waals surface area (Å²) >= 11 is 8.22. The Balaban J connectivity index is 1.84. The average molecular weight is 416 g/mol. The van der Waals surface area contributed by atoms with Gasteiger partial charge in [0.2, 0.25) is 5.91 Å². The van der Waals surface area contributed by atoms with Crippen molar-refractivity contribution >= 4 is 45.8 Å². The molecule has 21 heavy (non-hydrogen) atoms. The van der Waals surface area contributed by atoms with Crippen molar-refractivity contribution in [2.24, 2.45) is 0 Å². The van der Waals surface area contributed by atoms with Gasteiger partial charge in [-0.1, -0.05) is 23.7 Å². The number of rotatable bonds is 5. The number of halogens is 2. The highest BCUT2D eigenvalue weighted by molar-refractivity contribution is 14.1. The van der Waals surface area contributed by atoms with Crippen molar-refractivity contribution in [3.63, 3.8) is 0 Å². The first kappa shape index (κ1) is 16.1. The summed E-state index contributed by atoms with van der Waals surface area (Å²) in [4.78, 5) is 11.9. The Hall–Kier alpha value is -1.27. The fourth-order valence-corrected chi connectivity index (χ4v) is 2.63. The van der Waals surface area contributed by atoms with Gasteiger partial charge in [-0.25, -0.2) is 0 Å². The molecule has 0 aliphatic carbocycles. The fraction of sp³-hybridized carbons (Fsp3) is 0.188. The second-order valence-electron chi connectivity index (χ2n) is 4.54. The summed E-state index contributed by atoms with van der Waals surface area (Å²) in [6.07, 6.45) is 0.274. The van der Waals surface area contributed by atoms with Gasteiger partial charge < -0.3 is 10.1 Å². The third-order valence-electron chi connectivity index (χ3n) is 2.89. The molecule has 0 bridgehead atoms. The van der Waals surface area contributed by atoms with Crippen LogP contribution in [0.5, 0.6) is 5.75 Å². The van der Waals surface area contributed by atoms with Crippen LogP contribution in [0, 0.1) is 10.5 Å². The van der Waals surface area contributed by atoms with Crippen LogP contribution in [0.1, 0.15) is 12.0 Å². The van der Waals surface area contributed by atoms with Gasteiger partial charge in [-0.15, -0.1) is 0 Å². The molecule has 0 heterocycles. The van der Waals surface area contributed by atoms with Crippen molar-refractivity contribution in [2.45, 2.75) is 13.3 Å². The smallest absolute Gasteiger partial charge is 0.227 e. The maximum Gasteiger partial charge on any atom is 0.227 e. The van der Waals surface area contributed by atoms with Crippen molar-refractivity contribution in [3.05, 3.63) is 56.6 Å². The second kappa shape index (κ2) is 7.66. The van der Waals surface area contributed by atoms with E-state index >= 15 is 0 Å². The van der Waals surface area contributed by atoms with Crippen LogP contribution in [0.2, 0.25) is 5.02 Å². The number of nitrogens with one attached hydrogen (secondary N) is 1. The quantitative estimate of drug-likeness (QED) is 0.721. The molecule has 2 rings (SSSR count). The number of carbonyl (C=O) groups is 1.